The summed E-state index contributed by atoms with van der Waals surface area (Å²) in [7, 11) is 0. The van der Waals surface area contributed by atoms with E-state index in [1.165, 1.54) is 29.3 Å². The number of hydroxylamine groups is 2. The number of carbonyl (C=O) groups excluding carboxylic acids is 2. The zero-order chi connectivity index (χ0) is 33.3. The average Bonchev–Trinajstić information content (AvgIpc) is 3.23. The number of benzene rings is 2. The minimum Gasteiger partial charge on any atom is -0.427 e. The molecular formula is C33H40Cl2F2N4O4. The molecule has 2 saturated heterocycles. The Morgan fingerprint density at radius 1 is 1.11 bits per heavy atom. The molecule has 12 heteroatoms. The third kappa shape index (κ3) is 7.89. The number of nitriles is 1. The standard InChI is InChI=1S/C33H40Cl2F2N4O4/c1-31(2,3)17-25-33(18-38,22-11-10-19(34)16-24(22)36)26(21-8-7-9-23(35)27(21)37)28(40-25)29(42)39-20-12-14-41(15-13-20)45-30(43)44-32(4,5)6/h7-11,16,20,25-26,28,40H,12-15,17H2,1-6H3,(H,39,42)/t25-,26-,28+,33-/m0/s1. The lowest BCUT2D eigenvalue weighted by molar-refractivity contribution is -0.154. The summed E-state index contributed by atoms with van der Waals surface area (Å²) in [6.07, 6.45) is 0.473. The van der Waals surface area contributed by atoms with E-state index < -0.39 is 52.7 Å². The van der Waals surface area contributed by atoms with E-state index in [-0.39, 0.29) is 32.6 Å². The Kier molecular flexibility index (Phi) is 10.4. The fourth-order valence-electron chi connectivity index (χ4n) is 6.31. The molecule has 2 N–H and O–H groups in total. The summed E-state index contributed by atoms with van der Waals surface area (Å²) in [5, 5.41) is 18.8. The molecule has 0 aromatic heterocycles. The van der Waals surface area contributed by atoms with Crippen LogP contribution in [0.5, 0.6) is 0 Å². The fraction of sp³-hybridized carbons (Fsp3) is 0.545. The van der Waals surface area contributed by atoms with E-state index in [2.05, 4.69) is 16.7 Å². The first-order valence-corrected chi connectivity index (χ1v) is 15.7. The summed E-state index contributed by atoms with van der Waals surface area (Å²) in [5.74, 6) is -3.12. The largest absolute Gasteiger partial charge is 0.528 e. The molecule has 2 aliphatic heterocycles. The number of nitrogens with one attached hydrogen (secondary N) is 2. The second kappa shape index (κ2) is 13.4. The van der Waals surface area contributed by atoms with Crippen LogP contribution in [0.3, 0.4) is 0 Å². The van der Waals surface area contributed by atoms with Crippen molar-refractivity contribution in [2.24, 2.45) is 5.41 Å². The lowest BCUT2D eigenvalue weighted by Crippen LogP contribution is -2.51. The zero-order valence-electron chi connectivity index (χ0n) is 26.3. The summed E-state index contributed by atoms with van der Waals surface area (Å²) < 4.78 is 36.9. The van der Waals surface area contributed by atoms with Gasteiger partial charge in [0.1, 0.15) is 22.7 Å². The van der Waals surface area contributed by atoms with Crippen LogP contribution in [-0.2, 0) is 19.8 Å². The summed E-state index contributed by atoms with van der Waals surface area (Å²) in [4.78, 5) is 31.5. The Bertz CT molecular complexity index is 1460. The molecule has 0 unspecified atom stereocenters. The van der Waals surface area contributed by atoms with Crippen molar-refractivity contribution in [2.75, 3.05) is 13.1 Å². The SMILES string of the molecule is CC(C)(C)C[C@@H]1N[C@@H](C(=O)NC2CCN(OC(=O)OC(C)(C)C)CC2)[C@H](c2cccc(Cl)c2F)[C@@]1(C#N)c1ccc(Cl)cc1F. The van der Waals surface area contributed by atoms with Gasteiger partial charge in [-0.15, -0.1) is 5.06 Å². The molecule has 1 amide bonds. The van der Waals surface area contributed by atoms with E-state index in [1.54, 1.807) is 26.8 Å². The van der Waals surface area contributed by atoms with Crippen molar-refractivity contribution < 1.29 is 27.9 Å². The van der Waals surface area contributed by atoms with Gasteiger partial charge in [0.25, 0.3) is 0 Å². The molecule has 8 nitrogen and oxygen atoms in total. The van der Waals surface area contributed by atoms with Crippen LogP contribution >= 0.6 is 23.2 Å². The van der Waals surface area contributed by atoms with E-state index in [4.69, 9.17) is 32.8 Å². The van der Waals surface area contributed by atoms with Gasteiger partial charge in [0.15, 0.2) is 0 Å². The summed E-state index contributed by atoms with van der Waals surface area (Å²) in [6.45, 7) is 11.8. The number of carbonyl (C=O) groups is 2. The van der Waals surface area contributed by atoms with Crippen LogP contribution in [-0.4, -0.2) is 53.9 Å². The number of rotatable bonds is 6. The van der Waals surface area contributed by atoms with Gasteiger partial charge in [0.05, 0.1) is 17.1 Å². The van der Waals surface area contributed by atoms with Crippen molar-refractivity contribution in [3.63, 3.8) is 0 Å². The Balaban J connectivity index is 1.69. The molecular weight excluding hydrogens is 625 g/mol. The summed E-state index contributed by atoms with van der Waals surface area (Å²) in [6, 6.07) is 8.65. The normalized spacial score (nSPS) is 24.6. The first-order valence-electron chi connectivity index (χ1n) is 15.0. The van der Waals surface area contributed by atoms with Crippen LogP contribution in [0.4, 0.5) is 13.6 Å². The van der Waals surface area contributed by atoms with Gasteiger partial charge in [-0.3, -0.25) is 4.79 Å². The average molecular weight is 666 g/mol. The number of piperidine rings is 1. The smallest absolute Gasteiger partial charge is 0.427 e. The molecule has 244 valence electrons. The van der Waals surface area contributed by atoms with Crippen LogP contribution in [0, 0.1) is 28.4 Å². The van der Waals surface area contributed by atoms with E-state index in [0.29, 0.717) is 32.4 Å². The lowest BCUT2D eigenvalue weighted by atomic mass is 9.62. The maximum absolute atomic E-state index is 15.9. The van der Waals surface area contributed by atoms with Gasteiger partial charge in [-0.25, -0.2) is 13.6 Å². The van der Waals surface area contributed by atoms with E-state index >= 15 is 8.78 Å². The number of halogens is 4. The third-order valence-corrected chi connectivity index (χ3v) is 8.65. The van der Waals surface area contributed by atoms with Crippen molar-refractivity contribution in [3.8, 4) is 6.07 Å². The Labute approximate surface area is 273 Å². The molecule has 2 aromatic carbocycles. The molecule has 0 bridgehead atoms. The first-order chi connectivity index (χ1) is 20.9. The highest BCUT2D eigenvalue weighted by atomic mass is 35.5. The predicted molar refractivity (Wildman–Crippen MR) is 168 cm³/mol. The summed E-state index contributed by atoms with van der Waals surface area (Å²) in [5.41, 5.74) is -2.71. The van der Waals surface area contributed by atoms with Crippen molar-refractivity contribution in [1.29, 1.82) is 5.26 Å². The molecule has 0 spiro atoms. The molecule has 2 aromatic rings. The van der Waals surface area contributed by atoms with Crippen LogP contribution in [0.2, 0.25) is 10.0 Å². The molecule has 2 heterocycles. The highest BCUT2D eigenvalue weighted by molar-refractivity contribution is 6.31. The molecule has 4 atom stereocenters. The van der Waals surface area contributed by atoms with Gasteiger partial charge in [0.2, 0.25) is 5.91 Å². The van der Waals surface area contributed by atoms with Crippen LogP contribution in [0.15, 0.2) is 36.4 Å². The van der Waals surface area contributed by atoms with Crippen molar-refractivity contribution in [1.82, 2.24) is 15.7 Å². The van der Waals surface area contributed by atoms with Crippen LogP contribution < -0.4 is 10.6 Å². The van der Waals surface area contributed by atoms with Gasteiger partial charge < -0.3 is 20.2 Å². The summed E-state index contributed by atoms with van der Waals surface area (Å²) >= 11 is 12.3. The Hall–Kier alpha value is -2.97. The number of hydrogen-bond acceptors (Lipinski definition) is 7. The van der Waals surface area contributed by atoms with E-state index in [1.807, 2.05) is 20.8 Å². The molecule has 2 fully saturated rings. The molecule has 0 aliphatic carbocycles. The van der Waals surface area contributed by atoms with Gasteiger partial charge in [0, 0.05) is 41.7 Å². The monoisotopic (exact) mass is 664 g/mol. The second-order valence-corrected chi connectivity index (χ2v) is 14.8. The maximum Gasteiger partial charge on any atom is 0.528 e. The quantitative estimate of drug-likeness (QED) is 0.319. The predicted octanol–water partition coefficient (Wildman–Crippen LogP) is 7.04. The van der Waals surface area contributed by atoms with Crippen LogP contribution in [0.1, 0.15) is 77.8 Å². The number of nitrogens with zero attached hydrogens (tertiary/aromatic N) is 2. The number of hydrogen-bond donors (Lipinski definition) is 2. The Morgan fingerprint density at radius 2 is 1.78 bits per heavy atom. The molecule has 0 radical (unpaired) electrons. The highest BCUT2D eigenvalue weighted by Crippen LogP contribution is 2.52. The molecule has 4 rings (SSSR count). The fourth-order valence-corrected chi connectivity index (χ4v) is 6.65. The zero-order valence-corrected chi connectivity index (χ0v) is 27.9. The van der Waals surface area contributed by atoms with Gasteiger partial charge in [-0.2, -0.15) is 5.26 Å². The molecule has 2 aliphatic rings. The topological polar surface area (TPSA) is 104 Å². The van der Waals surface area contributed by atoms with Crippen molar-refractivity contribution in [3.05, 3.63) is 69.2 Å². The lowest BCUT2D eigenvalue weighted by Gasteiger charge is -2.37. The van der Waals surface area contributed by atoms with Crippen molar-refractivity contribution in [2.45, 2.75) is 95.9 Å². The van der Waals surface area contributed by atoms with E-state index in [0.717, 1.165) is 6.07 Å². The van der Waals surface area contributed by atoms with E-state index in [9.17, 15) is 14.9 Å². The van der Waals surface area contributed by atoms with Crippen LogP contribution in [0.25, 0.3) is 0 Å². The number of amides is 1. The third-order valence-electron chi connectivity index (χ3n) is 8.13. The first kappa shape index (κ1) is 34.9. The minimum absolute atomic E-state index is 0.0171. The van der Waals surface area contributed by atoms with Gasteiger partial charge >= 0.3 is 6.16 Å². The maximum atomic E-state index is 15.9. The Morgan fingerprint density at radius 3 is 2.36 bits per heavy atom. The van der Waals surface area contributed by atoms with Gasteiger partial charge in [-0.05, 0) is 69.2 Å². The molecule has 45 heavy (non-hydrogen) atoms. The second-order valence-electron chi connectivity index (χ2n) is 14.0. The van der Waals surface area contributed by atoms with Gasteiger partial charge in [-0.1, -0.05) is 62.2 Å². The highest BCUT2D eigenvalue weighted by Gasteiger charge is 2.61. The minimum atomic E-state index is -1.71. The van der Waals surface area contributed by atoms with Crippen molar-refractivity contribution >= 4 is 35.3 Å². The molecule has 0 saturated carbocycles. The number of ether oxygens (including phenoxy) is 1.